The van der Waals surface area contributed by atoms with E-state index in [0.717, 1.165) is 11.1 Å². The average molecular weight is 232 g/mol. The number of fused-ring (bicyclic) bond motifs is 1. The number of phenolic OH excluding ortho intramolecular Hbond substituents is 1. The van der Waals surface area contributed by atoms with E-state index in [1.165, 1.54) is 0 Å². The smallest absolute Gasteiger partial charge is 0.166 e. The quantitative estimate of drug-likeness (QED) is 0.792. The van der Waals surface area contributed by atoms with E-state index in [1.807, 2.05) is 24.6 Å². The Morgan fingerprint density at radius 1 is 1.47 bits per heavy atom. The number of nitrogens with two attached hydrogens (primary N) is 1. The molecule has 0 atom stereocenters. The number of phenols is 1. The number of hydrogen-bond donors (Lipinski definition) is 2. The van der Waals surface area contributed by atoms with Gasteiger partial charge in [-0.2, -0.15) is 0 Å². The third-order valence-corrected chi connectivity index (χ3v) is 3.13. The van der Waals surface area contributed by atoms with Crippen molar-refractivity contribution >= 4 is 16.7 Å². The van der Waals surface area contributed by atoms with Crippen LogP contribution in [0, 0.1) is 6.92 Å². The molecule has 1 heterocycles. The lowest BCUT2D eigenvalue weighted by molar-refractivity contribution is 0.0986. The van der Waals surface area contributed by atoms with Gasteiger partial charge in [0.1, 0.15) is 5.75 Å². The topological polar surface area (TPSA) is 68.2 Å². The molecule has 1 aromatic heterocycles. The van der Waals surface area contributed by atoms with Crippen molar-refractivity contribution in [2.45, 2.75) is 13.3 Å². The molecular formula is C13H16N2O2. The van der Waals surface area contributed by atoms with Gasteiger partial charge in [-0.3, -0.25) is 4.79 Å². The Kier molecular flexibility index (Phi) is 2.90. The van der Waals surface area contributed by atoms with Crippen LogP contribution in [0.25, 0.3) is 10.9 Å². The number of para-hydroxylation sites is 1. The largest absolute Gasteiger partial charge is 0.506 e. The van der Waals surface area contributed by atoms with Crippen molar-refractivity contribution in [2.75, 3.05) is 6.54 Å². The zero-order valence-electron chi connectivity index (χ0n) is 10.0. The normalized spacial score (nSPS) is 11.0. The molecule has 0 saturated carbocycles. The van der Waals surface area contributed by atoms with Crippen LogP contribution in [0.15, 0.2) is 18.2 Å². The fraction of sp³-hybridized carbons (Fsp3) is 0.308. The third-order valence-electron chi connectivity index (χ3n) is 3.13. The highest BCUT2D eigenvalue weighted by Gasteiger charge is 2.19. The van der Waals surface area contributed by atoms with E-state index in [2.05, 4.69) is 0 Å². The molecule has 1 aromatic carbocycles. The van der Waals surface area contributed by atoms with E-state index < -0.39 is 0 Å². The van der Waals surface area contributed by atoms with Crippen LogP contribution in [-0.4, -0.2) is 22.0 Å². The molecule has 2 rings (SSSR count). The third kappa shape index (κ3) is 1.70. The highest BCUT2D eigenvalue weighted by atomic mass is 16.3. The number of carbonyl (C=O) groups excluding carboxylic acids is 1. The van der Waals surface area contributed by atoms with Crippen molar-refractivity contribution in [3.05, 3.63) is 29.5 Å². The summed E-state index contributed by atoms with van der Waals surface area (Å²) in [5, 5.41) is 10.6. The van der Waals surface area contributed by atoms with Crippen molar-refractivity contribution < 1.29 is 9.90 Å². The van der Waals surface area contributed by atoms with Crippen LogP contribution >= 0.6 is 0 Å². The van der Waals surface area contributed by atoms with Crippen molar-refractivity contribution in [1.82, 2.24) is 4.57 Å². The molecular weight excluding hydrogens is 216 g/mol. The fourth-order valence-corrected chi connectivity index (χ4v) is 2.22. The van der Waals surface area contributed by atoms with Crippen molar-refractivity contribution in [1.29, 1.82) is 0 Å². The van der Waals surface area contributed by atoms with Gasteiger partial charge in [-0.25, -0.2) is 0 Å². The maximum absolute atomic E-state index is 12.0. The zero-order valence-corrected chi connectivity index (χ0v) is 10.0. The van der Waals surface area contributed by atoms with Gasteiger partial charge in [0, 0.05) is 30.1 Å². The first kappa shape index (κ1) is 11.7. The van der Waals surface area contributed by atoms with Gasteiger partial charge < -0.3 is 15.4 Å². The van der Waals surface area contributed by atoms with Crippen LogP contribution in [0.3, 0.4) is 0 Å². The molecule has 0 bridgehead atoms. The molecule has 17 heavy (non-hydrogen) atoms. The Labute approximate surface area is 99.7 Å². The van der Waals surface area contributed by atoms with Gasteiger partial charge in [-0.1, -0.05) is 12.1 Å². The lowest BCUT2D eigenvalue weighted by Gasteiger charge is -2.00. The second-order valence-corrected chi connectivity index (χ2v) is 4.15. The first-order valence-corrected chi connectivity index (χ1v) is 5.58. The van der Waals surface area contributed by atoms with Crippen LogP contribution in [0.1, 0.15) is 22.5 Å². The highest BCUT2D eigenvalue weighted by molar-refractivity contribution is 6.10. The van der Waals surface area contributed by atoms with Crippen molar-refractivity contribution in [2.24, 2.45) is 12.8 Å². The number of rotatable bonds is 3. The summed E-state index contributed by atoms with van der Waals surface area (Å²) in [7, 11) is 1.84. The van der Waals surface area contributed by atoms with Crippen LogP contribution in [0.5, 0.6) is 5.75 Å². The van der Waals surface area contributed by atoms with Gasteiger partial charge >= 0.3 is 0 Å². The van der Waals surface area contributed by atoms with Gasteiger partial charge in [0.2, 0.25) is 0 Å². The highest BCUT2D eigenvalue weighted by Crippen LogP contribution is 2.31. The summed E-state index contributed by atoms with van der Waals surface area (Å²) < 4.78 is 1.84. The van der Waals surface area contributed by atoms with E-state index in [9.17, 15) is 9.90 Å². The second kappa shape index (κ2) is 4.22. The Balaban J connectivity index is 2.76. The van der Waals surface area contributed by atoms with Crippen LogP contribution in [0.4, 0.5) is 0 Å². The Hall–Kier alpha value is -1.81. The minimum absolute atomic E-state index is 0.0289. The number of nitrogens with zero attached hydrogens (tertiary/aromatic N) is 1. The first-order valence-electron chi connectivity index (χ1n) is 5.58. The Morgan fingerprint density at radius 3 is 2.82 bits per heavy atom. The molecule has 2 aromatic rings. The average Bonchev–Trinajstić information content (AvgIpc) is 2.53. The van der Waals surface area contributed by atoms with Gasteiger partial charge in [-0.05, 0) is 19.5 Å². The summed E-state index contributed by atoms with van der Waals surface area (Å²) in [6, 6.07) is 5.22. The molecule has 0 aliphatic rings. The van der Waals surface area contributed by atoms with E-state index in [1.54, 1.807) is 12.1 Å². The van der Waals surface area contributed by atoms with E-state index in [4.69, 9.17) is 5.73 Å². The number of benzene rings is 1. The molecule has 0 saturated heterocycles. The lowest BCUT2D eigenvalue weighted by atomic mass is 10.0. The molecule has 0 unspecified atom stereocenters. The van der Waals surface area contributed by atoms with E-state index in [-0.39, 0.29) is 11.5 Å². The minimum Gasteiger partial charge on any atom is -0.506 e. The summed E-state index contributed by atoms with van der Waals surface area (Å²) in [4.78, 5) is 12.0. The number of aromatic nitrogens is 1. The van der Waals surface area contributed by atoms with Gasteiger partial charge in [0.15, 0.2) is 5.78 Å². The van der Waals surface area contributed by atoms with E-state index in [0.29, 0.717) is 24.0 Å². The summed E-state index contributed by atoms with van der Waals surface area (Å²) in [6.45, 7) is 2.22. The lowest BCUT2D eigenvalue weighted by Crippen LogP contribution is -2.09. The monoisotopic (exact) mass is 232 g/mol. The van der Waals surface area contributed by atoms with E-state index >= 15 is 0 Å². The van der Waals surface area contributed by atoms with Crippen molar-refractivity contribution in [3.63, 3.8) is 0 Å². The van der Waals surface area contributed by atoms with Crippen molar-refractivity contribution in [3.8, 4) is 5.75 Å². The summed E-state index contributed by atoms with van der Waals surface area (Å²) in [5.74, 6) is 0.223. The maximum atomic E-state index is 12.0. The predicted molar refractivity (Wildman–Crippen MR) is 67.3 cm³/mol. The van der Waals surface area contributed by atoms with Gasteiger partial charge in [0.25, 0.3) is 0 Å². The standard InChI is InChI=1S/C13H16N2O2/c1-8-12(10(16)6-7-14)9-4-3-5-11(17)13(9)15(8)2/h3-5,17H,6-7,14H2,1-2H3. The number of aromatic hydroxyl groups is 1. The predicted octanol–water partition coefficient (Wildman–Crippen LogP) is 1.72. The SMILES string of the molecule is Cc1c(C(=O)CCN)c2cccc(O)c2n1C. The number of carbonyl (C=O) groups is 1. The number of ketones is 1. The molecule has 0 aliphatic carbocycles. The Bertz CT molecular complexity index is 585. The second-order valence-electron chi connectivity index (χ2n) is 4.15. The maximum Gasteiger partial charge on any atom is 0.166 e. The van der Waals surface area contributed by atoms with Crippen LogP contribution in [0.2, 0.25) is 0 Å². The fourth-order valence-electron chi connectivity index (χ4n) is 2.22. The molecule has 4 nitrogen and oxygen atoms in total. The summed E-state index contributed by atoms with van der Waals surface area (Å²) >= 11 is 0. The van der Waals surface area contributed by atoms with Crippen LogP contribution < -0.4 is 5.73 Å². The summed E-state index contributed by atoms with van der Waals surface area (Å²) in [5.41, 5.74) is 7.65. The molecule has 0 amide bonds. The zero-order chi connectivity index (χ0) is 12.6. The number of aryl methyl sites for hydroxylation is 1. The molecule has 0 spiro atoms. The van der Waals surface area contributed by atoms with Gasteiger partial charge in [0.05, 0.1) is 5.52 Å². The minimum atomic E-state index is 0.0289. The molecule has 90 valence electrons. The molecule has 0 fully saturated rings. The molecule has 3 N–H and O–H groups in total. The number of Topliss-reactive ketones (excluding diaryl/α,β-unsaturated/α-hetero) is 1. The molecule has 4 heteroatoms. The van der Waals surface area contributed by atoms with Gasteiger partial charge in [-0.15, -0.1) is 0 Å². The van der Waals surface area contributed by atoms with Crippen LogP contribution in [-0.2, 0) is 7.05 Å². The molecule has 0 aliphatic heterocycles. The molecule has 0 radical (unpaired) electrons. The summed E-state index contributed by atoms with van der Waals surface area (Å²) in [6.07, 6.45) is 0.329. The number of hydrogen-bond acceptors (Lipinski definition) is 3. The Morgan fingerprint density at radius 2 is 2.18 bits per heavy atom. The first-order chi connectivity index (χ1) is 8.07.